The molecule has 1 amide bonds. The highest BCUT2D eigenvalue weighted by atomic mass is 32.2. The summed E-state index contributed by atoms with van der Waals surface area (Å²) in [5, 5.41) is 0.893. The van der Waals surface area contributed by atoms with Crippen LogP contribution < -0.4 is 4.90 Å². The lowest BCUT2D eigenvalue weighted by Crippen LogP contribution is -2.32. The van der Waals surface area contributed by atoms with Crippen molar-refractivity contribution in [1.82, 2.24) is 9.55 Å². The maximum atomic E-state index is 12.3. The summed E-state index contributed by atoms with van der Waals surface area (Å²) in [7, 11) is 0. The first kappa shape index (κ1) is 14.7. The van der Waals surface area contributed by atoms with E-state index in [1.165, 1.54) is 11.8 Å². The number of nitrogens with zero attached hydrogens (tertiary/aromatic N) is 3. The van der Waals surface area contributed by atoms with Crippen LogP contribution in [0.25, 0.3) is 0 Å². The molecule has 0 radical (unpaired) electrons. The molecule has 0 atom stereocenters. The minimum atomic E-state index is 0.106. The Morgan fingerprint density at radius 1 is 1.30 bits per heavy atom. The smallest absolute Gasteiger partial charge is 0.237 e. The van der Waals surface area contributed by atoms with Crippen molar-refractivity contribution < 1.29 is 4.79 Å². The zero-order valence-electron chi connectivity index (χ0n) is 11.8. The molecule has 1 heterocycles. The third-order valence-corrected chi connectivity index (χ3v) is 4.02. The molecule has 20 heavy (non-hydrogen) atoms. The largest absolute Gasteiger partial charge is 0.326 e. The average Bonchev–Trinajstić information content (AvgIpc) is 2.94. The van der Waals surface area contributed by atoms with Crippen LogP contribution in [0.3, 0.4) is 0 Å². The number of benzene rings is 1. The first-order valence-corrected chi connectivity index (χ1v) is 7.74. The van der Waals surface area contributed by atoms with Crippen molar-refractivity contribution in [3.63, 3.8) is 0 Å². The van der Waals surface area contributed by atoms with Gasteiger partial charge in [-0.25, -0.2) is 4.98 Å². The number of aromatic nitrogens is 2. The Morgan fingerprint density at radius 3 is 2.70 bits per heavy atom. The monoisotopic (exact) mass is 289 g/mol. The highest BCUT2D eigenvalue weighted by molar-refractivity contribution is 7.99. The number of carbonyl (C=O) groups is 1. The second kappa shape index (κ2) is 7.14. The highest BCUT2D eigenvalue weighted by Gasteiger charge is 2.15. The van der Waals surface area contributed by atoms with Crippen molar-refractivity contribution in [3.8, 4) is 0 Å². The molecule has 0 N–H and O–H groups in total. The van der Waals surface area contributed by atoms with Gasteiger partial charge >= 0.3 is 0 Å². The van der Waals surface area contributed by atoms with Crippen LogP contribution in [0, 0.1) is 0 Å². The van der Waals surface area contributed by atoms with Gasteiger partial charge < -0.3 is 9.47 Å². The van der Waals surface area contributed by atoms with Crippen molar-refractivity contribution in [2.45, 2.75) is 25.5 Å². The SMILES string of the molecule is CCN(C(=O)CSc1nccn1CC)c1ccccc1. The molecule has 1 aromatic carbocycles. The predicted molar refractivity (Wildman–Crippen MR) is 83.1 cm³/mol. The fourth-order valence-electron chi connectivity index (χ4n) is 1.99. The molecule has 2 rings (SSSR count). The van der Waals surface area contributed by atoms with E-state index >= 15 is 0 Å². The first-order valence-electron chi connectivity index (χ1n) is 6.75. The Bertz CT molecular complexity index is 553. The third-order valence-electron chi connectivity index (χ3n) is 3.03. The summed E-state index contributed by atoms with van der Waals surface area (Å²) < 4.78 is 2.04. The first-order chi connectivity index (χ1) is 9.76. The lowest BCUT2D eigenvalue weighted by Gasteiger charge is -2.20. The van der Waals surface area contributed by atoms with E-state index < -0.39 is 0 Å². The van der Waals surface area contributed by atoms with Gasteiger partial charge in [-0.1, -0.05) is 30.0 Å². The van der Waals surface area contributed by atoms with Gasteiger partial charge in [0.1, 0.15) is 0 Å². The Hall–Kier alpha value is -1.75. The van der Waals surface area contributed by atoms with Gasteiger partial charge in [-0.15, -0.1) is 0 Å². The molecule has 5 heteroatoms. The van der Waals surface area contributed by atoms with E-state index in [0.717, 1.165) is 17.4 Å². The van der Waals surface area contributed by atoms with Gasteiger partial charge in [0.05, 0.1) is 5.75 Å². The van der Waals surface area contributed by atoms with Crippen LogP contribution in [0.4, 0.5) is 5.69 Å². The van der Waals surface area contributed by atoms with Crippen molar-refractivity contribution in [3.05, 3.63) is 42.7 Å². The van der Waals surface area contributed by atoms with Gasteiger partial charge in [-0.3, -0.25) is 4.79 Å². The Balaban J connectivity index is 2.00. The molecule has 1 aromatic heterocycles. The minimum Gasteiger partial charge on any atom is -0.326 e. The van der Waals surface area contributed by atoms with Gasteiger partial charge in [-0.05, 0) is 26.0 Å². The van der Waals surface area contributed by atoms with Crippen LogP contribution in [0.2, 0.25) is 0 Å². The van der Waals surface area contributed by atoms with E-state index in [1.54, 1.807) is 11.1 Å². The van der Waals surface area contributed by atoms with Gasteiger partial charge in [0.15, 0.2) is 5.16 Å². The lowest BCUT2D eigenvalue weighted by molar-refractivity contribution is -0.116. The van der Waals surface area contributed by atoms with E-state index in [-0.39, 0.29) is 5.91 Å². The maximum absolute atomic E-state index is 12.3. The standard InChI is InChI=1S/C15H19N3OS/c1-3-17-11-10-16-15(17)20-12-14(19)18(4-2)13-8-6-5-7-9-13/h5-11H,3-4,12H2,1-2H3. The van der Waals surface area contributed by atoms with Crippen LogP contribution in [-0.2, 0) is 11.3 Å². The number of carbonyl (C=O) groups excluding carboxylic acids is 1. The number of hydrogen-bond acceptors (Lipinski definition) is 3. The molecular weight excluding hydrogens is 270 g/mol. The van der Waals surface area contributed by atoms with Crippen LogP contribution in [0.15, 0.2) is 47.9 Å². The summed E-state index contributed by atoms with van der Waals surface area (Å²) in [6.07, 6.45) is 3.70. The molecule has 0 aliphatic rings. The van der Waals surface area contributed by atoms with Crippen molar-refractivity contribution in [2.24, 2.45) is 0 Å². The van der Waals surface area contributed by atoms with Crippen LogP contribution in [0.5, 0.6) is 0 Å². The van der Waals surface area contributed by atoms with Crippen molar-refractivity contribution >= 4 is 23.4 Å². The van der Waals surface area contributed by atoms with Crippen molar-refractivity contribution in [2.75, 3.05) is 17.2 Å². The number of amides is 1. The zero-order valence-corrected chi connectivity index (χ0v) is 12.6. The van der Waals surface area contributed by atoms with E-state index in [0.29, 0.717) is 12.3 Å². The summed E-state index contributed by atoms with van der Waals surface area (Å²) in [5.74, 6) is 0.508. The number of anilines is 1. The number of aryl methyl sites for hydroxylation is 1. The molecule has 2 aromatic rings. The van der Waals surface area contributed by atoms with Crippen LogP contribution in [0.1, 0.15) is 13.8 Å². The molecule has 0 spiro atoms. The molecule has 0 saturated carbocycles. The fraction of sp³-hybridized carbons (Fsp3) is 0.333. The Labute approximate surface area is 123 Å². The summed E-state index contributed by atoms with van der Waals surface area (Å²) in [5.41, 5.74) is 0.944. The quantitative estimate of drug-likeness (QED) is 0.767. The van der Waals surface area contributed by atoms with Crippen molar-refractivity contribution in [1.29, 1.82) is 0 Å². The van der Waals surface area contributed by atoms with E-state index in [2.05, 4.69) is 11.9 Å². The van der Waals surface area contributed by atoms with Gasteiger partial charge in [0, 0.05) is 31.2 Å². The van der Waals surface area contributed by atoms with Gasteiger partial charge in [-0.2, -0.15) is 0 Å². The maximum Gasteiger partial charge on any atom is 0.237 e. The molecule has 0 bridgehead atoms. The lowest BCUT2D eigenvalue weighted by atomic mass is 10.3. The molecule has 0 saturated heterocycles. The minimum absolute atomic E-state index is 0.106. The molecule has 4 nitrogen and oxygen atoms in total. The molecule has 0 aliphatic carbocycles. The summed E-state index contributed by atoms with van der Waals surface area (Å²) in [4.78, 5) is 18.4. The topological polar surface area (TPSA) is 38.1 Å². The van der Waals surface area contributed by atoms with E-state index in [1.807, 2.05) is 48.0 Å². The Kier molecular flexibility index (Phi) is 5.24. The van der Waals surface area contributed by atoms with Crippen LogP contribution >= 0.6 is 11.8 Å². The second-order valence-electron chi connectivity index (χ2n) is 4.26. The summed E-state index contributed by atoms with van der Waals surface area (Å²) >= 11 is 1.49. The molecule has 106 valence electrons. The van der Waals surface area contributed by atoms with Crippen LogP contribution in [-0.4, -0.2) is 27.8 Å². The molecular formula is C15H19N3OS. The zero-order chi connectivity index (χ0) is 14.4. The van der Waals surface area contributed by atoms with Gasteiger partial charge in [0.2, 0.25) is 5.91 Å². The average molecular weight is 289 g/mol. The predicted octanol–water partition coefficient (Wildman–Crippen LogP) is 3.05. The molecule has 0 aliphatic heterocycles. The normalized spacial score (nSPS) is 10.5. The summed E-state index contributed by atoms with van der Waals surface area (Å²) in [6, 6.07) is 9.76. The third kappa shape index (κ3) is 3.42. The number of hydrogen-bond donors (Lipinski definition) is 0. The number of rotatable bonds is 6. The summed E-state index contributed by atoms with van der Waals surface area (Å²) in [6.45, 7) is 5.59. The number of imidazole rings is 1. The molecule has 0 unspecified atom stereocenters. The van der Waals surface area contributed by atoms with E-state index in [9.17, 15) is 4.79 Å². The van der Waals surface area contributed by atoms with Gasteiger partial charge in [0.25, 0.3) is 0 Å². The second-order valence-corrected chi connectivity index (χ2v) is 5.20. The van der Waals surface area contributed by atoms with E-state index in [4.69, 9.17) is 0 Å². The fourth-order valence-corrected chi connectivity index (χ4v) is 2.89. The number of thioether (sulfide) groups is 1. The molecule has 0 fully saturated rings. The Morgan fingerprint density at radius 2 is 2.05 bits per heavy atom. The number of para-hydroxylation sites is 1. The highest BCUT2D eigenvalue weighted by Crippen LogP contribution is 2.19.